The normalized spacial score (nSPS) is 19.0. The Labute approximate surface area is 141 Å². The average Bonchev–Trinajstić information content (AvgIpc) is 2.54. The number of benzene rings is 1. The average molecular weight is 338 g/mol. The molecule has 132 valence electrons. The van der Waals surface area contributed by atoms with Crippen molar-refractivity contribution in [2.45, 2.75) is 45.6 Å². The first-order valence-corrected chi connectivity index (χ1v) is 8.47. The van der Waals surface area contributed by atoms with Gasteiger partial charge in [-0.25, -0.2) is 8.78 Å². The largest absolute Gasteiger partial charge is 0.353 e. The molecule has 24 heavy (non-hydrogen) atoms. The summed E-state index contributed by atoms with van der Waals surface area (Å²) < 4.78 is 27.6. The second kappa shape index (κ2) is 8.22. The van der Waals surface area contributed by atoms with Crippen LogP contribution in [-0.2, 0) is 4.79 Å². The van der Waals surface area contributed by atoms with Crippen molar-refractivity contribution in [3.8, 4) is 0 Å². The van der Waals surface area contributed by atoms with Crippen LogP contribution in [0.25, 0.3) is 0 Å². The summed E-state index contributed by atoms with van der Waals surface area (Å²) in [7, 11) is 0. The van der Waals surface area contributed by atoms with Crippen LogP contribution in [0.1, 0.15) is 49.9 Å². The molecule has 1 aromatic carbocycles. The van der Waals surface area contributed by atoms with Crippen LogP contribution in [0.4, 0.5) is 8.78 Å². The summed E-state index contributed by atoms with van der Waals surface area (Å²) in [6.07, 6.45) is 3.18. The Kier molecular flexibility index (Phi) is 6.29. The Bertz CT molecular complexity index is 586. The molecule has 6 heteroatoms. The molecule has 0 aliphatic carbocycles. The van der Waals surface area contributed by atoms with Gasteiger partial charge in [0.15, 0.2) is 0 Å². The summed E-state index contributed by atoms with van der Waals surface area (Å²) in [5.74, 6) is -2.87. The van der Waals surface area contributed by atoms with Gasteiger partial charge in [-0.3, -0.25) is 9.59 Å². The van der Waals surface area contributed by atoms with E-state index in [1.807, 2.05) is 13.8 Å². The molecule has 2 rings (SSSR count). The van der Waals surface area contributed by atoms with E-state index in [1.165, 1.54) is 11.0 Å². The molecule has 1 saturated heterocycles. The van der Waals surface area contributed by atoms with Crippen LogP contribution < -0.4 is 5.32 Å². The first-order valence-electron chi connectivity index (χ1n) is 8.47. The Balaban J connectivity index is 2.05. The van der Waals surface area contributed by atoms with Gasteiger partial charge >= 0.3 is 0 Å². The van der Waals surface area contributed by atoms with Crippen LogP contribution in [0.2, 0.25) is 0 Å². The van der Waals surface area contributed by atoms with Crippen molar-refractivity contribution in [1.29, 1.82) is 0 Å². The Hall–Kier alpha value is -1.98. The maximum Gasteiger partial charge on any atom is 0.259 e. The van der Waals surface area contributed by atoms with Gasteiger partial charge in [0, 0.05) is 19.1 Å². The number of carbonyl (C=O) groups is 2. The van der Waals surface area contributed by atoms with Gasteiger partial charge in [-0.2, -0.15) is 0 Å². The second-order valence-electron chi connectivity index (χ2n) is 6.39. The predicted octanol–water partition coefficient (Wildman–Crippen LogP) is 3.12. The van der Waals surface area contributed by atoms with Crippen molar-refractivity contribution in [1.82, 2.24) is 10.2 Å². The summed E-state index contributed by atoms with van der Waals surface area (Å²) in [5, 5.41) is 2.95. The first-order chi connectivity index (χ1) is 11.4. The molecular formula is C18H24F2N2O2. The molecule has 1 aliphatic heterocycles. The molecule has 0 saturated carbocycles. The lowest BCUT2D eigenvalue weighted by atomic mass is 9.96. The number of hydrogen-bond donors (Lipinski definition) is 1. The van der Waals surface area contributed by atoms with Crippen LogP contribution in [0.15, 0.2) is 18.2 Å². The molecule has 0 aromatic heterocycles. The number of amides is 2. The van der Waals surface area contributed by atoms with E-state index in [9.17, 15) is 18.4 Å². The third-order valence-corrected chi connectivity index (χ3v) is 4.37. The molecule has 4 nitrogen and oxygen atoms in total. The smallest absolute Gasteiger partial charge is 0.259 e. The first kappa shape index (κ1) is 18.4. The highest BCUT2D eigenvalue weighted by molar-refractivity contribution is 5.95. The molecule has 1 aromatic rings. The minimum Gasteiger partial charge on any atom is -0.353 e. The SMILES string of the molecule is CCCC(C)NC(=O)C1CCCN(C(=O)c2c(F)cccc2F)C1. The maximum absolute atomic E-state index is 13.8. The molecule has 0 bridgehead atoms. The number of halogens is 2. The highest BCUT2D eigenvalue weighted by atomic mass is 19.1. The molecule has 2 amide bonds. The van der Waals surface area contributed by atoms with Crippen molar-refractivity contribution in [3.05, 3.63) is 35.4 Å². The van der Waals surface area contributed by atoms with Gasteiger partial charge in [-0.1, -0.05) is 19.4 Å². The number of piperidine rings is 1. The van der Waals surface area contributed by atoms with Gasteiger partial charge in [0.05, 0.1) is 5.92 Å². The third-order valence-electron chi connectivity index (χ3n) is 4.37. The quantitative estimate of drug-likeness (QED) is 0.897. The van der Waals surface area contributed by atoms with Crippen molar-refractivity contribution in [2.75, 3.05) is 13.1 Å². The highest BCUT2D eigenvalue weighted by Gasteiger charge is 2.31. The molecule has 1 aliphatic rings. The molecule has 2 atom stereocenters. The van der Waals surface area contributed by atoms with Gasteiger partial charge in [0.1, 0.15) is 17.2 Å². The molecule has 0 spiro atoms. The zero-order valence-corrected chi connectivity index (χ0v) is 14.1. The molecule has 2 unspecified atom stereocenters. The van der Waals surface area contributed by atoms with E-state index in [4.69, 9.17) is 0 Å². The fourth-order valence-electron chi connectivity index (χ4n) is 3.10. The Morgan fingerprint density at radius 3 is 2.62 bits per heavy atom. The summed E-state index contributed by atoms with van der Waals surface area (Å²) in [4.78, 5) is 26.1. The van der Waals surface area contributed by atoms with Crippen molar-refractivity contribution < 1.29 is 18.4 Å². The van der Waals surface area contributed by atoms with Crippen molar-refractivity contribution >= 4 is 11.8 Å². The van der Waals surface area contributed by atoms with Crippen LogP contribution in [0.5, 0.6) is 0 Å². The van der Waals surface area contributed by atoms with Crippen molar-refractivity contribution in [2.24, 2.45) is 5.92 Å². The van der Waals surface area contributed by atoms with E-state index < -0.39 is 23.1 Å². The molecule has 1 heterocycles. The van der Waals surface area contributed by atoms with Crippen LogP contribution >= 0.6 is 0 Å². The summed E-state index contributed by atoms with van der Waals surface area (Å²) in [5.41, 5.74) is -0.544. The number of likely N-dealkylation sites (tertiary alicyclic amines) is 1. The van der Waals surface area contributed by atoms with E-state index in [1.54, 1.807) is 0 Å². The minimum absolute atomic E-state index is 0.0811. The standard InChI is InChI=1S/C18H24F2N2O2/c1-3-6-12(2)21-17(23)13-7-5-10-22(11-13)18(24)16-14(19)8-4-9-15(16)20/h4,8-9,12-13H,3,5-7,10-11H2,1-2H3,(H,21,23). The number of nitrogens with zero attached hydrogens (tertiary/aromatic N) is 1. The van der Waals surface area contributed by atoms with E-state index in [0.29, 0.717) is 19.4 Å². The molecule has 0 radical (unpaired) electrons. The van der Waals surface area contributed by atoms with Gasteiger partial charge in [0.2, 0.25) is 5.91 Å². The Morgan fingerprint density at radius 2 is 2.00 bits per heavy atom. The van der Waals surface area contributed by atoms with Crippen LogP contribution in [-0.4, -0.2) is 35.8 Å². The lowest BCUT2D eigenvalue weighted by Gasteiger charge is -2.32. The monoisotopic (exact) mass is 338 g/mol. The van der Waals surface area contributed by atoms with E-state index >= 15 is 0 Å². The maximum atomic E-state index is 13.8. The molecule has 1 fully saturated rings. The zero-order chi connectivity index (χ0) is 17.7. The number of hydrogen-bond acceptors (Lipinski definition) is 2. The predicted molar refractivity (Wildman–Crippen MR) is 87.5 cm³/mol. The van der Waals surface area contributed by atoms with Gasteiger partial charge < -0.3 is 10.2 Å². The second-order valence-corrected chi connectivity index (χ2v) is 6.39. The van der Waals surface area contributed by atoms with E-state index in [0.717, 1.165) is 25.0 Å². The summed E-state index contributed by atoms with van der Waals surface area (Å²) >= 11 is 0. The summed E-state index contributed by atoms with van der Waals surface area (Å²) in [6.45, 7) is 4.59. The molecular weight excluding hydrogens is 314 g/mol. The number of rotatable bonds is 5. The molecule has 1 N–H and O–H groups in total. The van der Waals surface area contributed by atoms with Crippen LogP contribution in [0, 0.1) is 17.6 Å². The van der Waals surface area contributed by atoms with Crippen LogP contribution in [0.3, 0.4) is 0 Å². The van der Waals surface area contributed by atoms with E-state index in [2.05, 4.69) is 5.32 Å². The minimum atomic E-state index is -0.872. The van der Waals surface area contributed by atoms with Crippen molar-refractivity contribution in [3.63, 3.8) is 0 Å². The summed E-state index contributed by atoms with van der Waals surface area (Å²) in [6, 6.07) is 3.44. The topological polar surface area (TPSA) is 49.4 Å². The van der Waals surface area contributed by atoms with Gasteiger partial charge in [-0.05, 0) is 38.3 Å². The Morgan fingerprint density at radius 1 is 1.33 bits per heavy atom. The number of carbonyl (C=O) groups excluding carboxylic acids is 2. The van der Waals surface area contributed by atoms with Gasteiger partial charge in [-0.15, -0.1) is 0 Å². The fraction of sp³-hybridized carbons (Fsp3) is 0.556. The number of nitrogens with one attached hydrogen (secondary N) is 1. The zero-order valence-electron chi connectivity index (χ0n) is 14.1. The lowest BCUT2D eigenvalue weighted by Crippen LogP contribution is -2.47. The lowest BCUT2D eigenvalue weighted by molar-refractivity contribution is -0.127. The van der Waals surface area contributed by atoms with Gasteiger partial charge in [0.25, 0.3) is 5.91 Å². The van der Waals surface area contributed by atoms with E-state index in [-0.39, 0.29) is 24.4 Å². The fourth-order valence-corrected chi connectivity index (χ4v) is 3.10. The third kappa shape index (κ3) is 4.30. The highest BCUT2D eigenvalue weighted by Crippen LogP contribution is 2.21.